The topological polar surface area (TPSA) is 29.1 Å². The monoisotopic (exact) mass is 358 g/mol. The van der Waals surface area contributed by atoms with Crippen molar-refractivity contribution in [2.45, 2.75) is 103 Å². The predicted molar refractivity (Wildman–Crippen MR) is 115 cm³/mol. The lowest BCUT2D eigenvalue weighted by atomic mass is 10.0. The van der Waals surface area contributed by atoms with E-state index in [4.69, 9.17) is 0 Å². The summed E-state index contributed by atoms with van der Waals surface area (Å²) in [6, 6.07) is 8.10. The van der Waals surface area contributed by atoms with Crippen LogP contribution in [0.2, 0.25) is 0 Å². The van der Waals surface area contributed by atoms with Gasteiger partial charge in [0.2, 0.25) is 6.29 Å². The molecule has 1 aromatic rings. The highest BCUT2D eigenvalue weighted by atomic mass is 16.1. The highest BCUT2D eigenvalue weighted by Crippen LogP contribution is 2.13. The number of anilines is 1. The maximum absolute atomic E-state index is 10.3. The van der Waals surface area contributed by atoms with E-state index in [0.717, 1.165) is 17.8 Å². The molecular formula is C24H40NO. The summed E-state index contributed by atoms with van der Waals surface area (Å²) in [4.78, 5) is 10.3. The molecule has 1 rings (SSSR count). The average Bonchev–Trinajstić information content (AvgIpc) is 2.66. The van der Waals surface area contributed by atoms with Gasteiger partial charge in [0, 0.05) is 18.7 Å². The lowest BCUT2D eigenvalue weighted by Gasteiger charge is -2.07. The van der Waals surface area contributed by atoms with Crippen LogP contribution < -0.4 is 5.32 Å². The molecule has 0 atom stereocenters. The zero-order chi connectivity index (χ0) is 18.7. The first kappa shape index (κ1) is 22.7. The molecule has 0 aliphatic heterocycles. The average molecular weight is 359 g/mol. The molecule has 0 heterocycles. The van der Waals surface area contributed by atoms with Gasteiger partial charge in [0.15, 0.2) is 0 Å². The maximum Gasteiger partial charge on any atom is 0.203 e. The van der Waals surface area contributed by atoms with Crippen LogP contribution >= 0.6 is 0 Å². The van der Waals surface area contributed by atoms with Crippen LogP contribution in [0.1, 0.15) is 102 Å². The molecule has 0 bridgehead atoms. The van der Waals surface area contributed by atoms with E-state index in [0.29, 0.717) is 6.42 Å². The minimum atomic E-state index is 0.388. The molecule has 0 unspecified atom stereocenters. The Kier molecular flexibility index (Phi) is 15.0. The molecule has 0 aliphatic carbocycles. The first-order valence-electron chi connectivity index (χ1n) is 11.0. The molecule has 1 aromatic carbocycles. The number of hydrogen-bond donors (Lipinski definition) is 1. The van der Waals surface area contributed by atoms with Crippen molar-refractivity contribution in [3.05, 3.63) is 29.8 Å². The van der Waals surface area contributed by atoms with Gasteiger partial charge in [-0.05, 0) is 24.1 Å². The van der Waals surface area contributed by atoms with Crippen LogP contribution in [0.25, 0.3) is 0 Å². The van der Waals surface area contributed by atoms with Crippen LogP contribution in [0.4, 0.5) is 5.69 Å². The highest BCUT2D eigenvalue weighted by molar-refractivity contribution is 5.57. The maximum atomic E-state index is 10.3. The third kappa shape index (κ3) is 13.0. The third-order valence-electron chi connectivity index (χ3n) is 5.09. The Balaban J connectivity index is 1.81. The zero-order valence-electron chi connectivity index (χ0n) is 17.0. The Bertz CT molecular complexity index is 426. The zero-order valence-corrected chi connectivity index (χ0v) is 17.0. The van der Waals surface area contributed by atoms with Gasteiger partial charge >= 0.3 is 0 Å². The first-order valence-corrected chi connectivity index (χ1v) is 11.0. The molecule has 0 saturated carbocycles. The van der Waals surface area contributed by atoms with Gasteiger partial charge in [-0.25, -0.2) is 0 Å². The predicted octanol–water partition coefficient (Wildman–Crippen LogP) is 7.23. The van der Waals surface area contributed by atoms with Crippen molar-refractivity contribution in [1.29, 1.82) is 0 Å². The summed E-state index contributed by atoms with van der Waals surface area (Å²) in [6.45, 7) is 3.32. The van der Waals surface area contributed by atoms with E-state index in [1.54, 1.807) is 0 Å². The van der Waals surface area contributed by atoms with E-state index in [1.807, 2.05) is 18.4 Å². The Morgan fingerprint density at radius 3 is 1.62 bits per heavy atom. The van der Waals surface area contributed by atoms with Crippen molar-refractivity contribution in [2.75, 3.05) is 11.9 Å². The van der Waals surface area contributed by atoms with Gasteiger partial charge in [0.25, 0.3) is 0 Å². The van der Waals surface area contributed by atoms with Crippen LogP contribution in [0.3, 0.4) is 0 Å². The van der Waals surface area contributed by atoms with E-state index in [2.05, 4.69) is 24.4 Å². The van der Waals surface area contributed by atoms with E-state index in [-0.39, 0.29) is 0 Å². The van der Waals surface area contributed by atoms with Crippen LogP contribution in [-0.4, -0.2) is 12.8 Å². The SMILES string of the molecule is CCCCCCCCCCCCCCCCNc1ccc(C[C]=O)cc1. The number of unbranched alkanes of at least 4 members (excludes halogenated alkanes) is 13. The smallest absolute Gasteiger partial charge is 0.203 e. The Morgan fingerprint density at radius 2 is 1.15 bits per heavy atom. The van der Waals surface area contributed by atoms with E-state index < -0.39 is 0 Å². The van der Waals surface area contributed by atoms with Crippen LogP contribution in [0, 0.1) is 0 Å². The molecule has 0 saturated heterocycles. The summed E-state index contributed by atoms with van der Waals surface area (Å²) in [7, 11) is 0. The summed E-state index contributed by atoms with van der Waals surface area (Å²) >= 11 is 0. The van der Waals surface area contributed by atoms with Gasteiger partial charge in [0.1, 0.15) is 0 Å². The van der Waals surface area contributed by atoms with Crippen molar-refractivity contribution in [2.24, 2.45) is 0 Å². The molecular weight excluding hydrogens is 318 g/mol. The summed E-state index contributed by atoms with van der Waals surface area (Å²) in [6.07, 6.45) is 21.9. The number of benzene rings is 1. The van der Waals surface area contributed by atoms with E-state index >= 15 is 0 Å². The lowest BCUT2D eigenvalue weighted by molar-refractivity contribution is 0.537. The van der Waals surface area contributed by atoms with Gasteiger partial charge in [0.05, 0.1) is 0 Å². The molecule has 0 aromatic heterocycles. The van der Waals surface area contributed by atoms with Crippen molar-refractivity contribution in [1.82, 2.24) is 0 Å². The van der Waals surface area contributed by atoms with Gasteiger partial charge in [-0.2, -0.15) is 0 Å². The summed E-state index contributed by atoms with van der Waals surface area (Å²) in [5, 5.41) is 3.46. The van der Waals surface area contributed by atoms with Crippen molar-refractivity contribution in [3.8, 4) is 0 Å². The van der Waals surface area contributed by atoms with E-state index in [9.17, 15) is 4.79 Å². The number of rotatable bonds is 18. The molecule has 0 fully saturated rings. The van der Waals surface area contributed by atoms with Crippen LogP contribution in [0.15, 0.2) is 24.3 Å². The lowest BCUT2D eigenvalue weighted by Crippen LogP contribution is -2.01. The largest absolute Gasteiger partial charge is 0.385 e. The molecule has 1 N–H and O–H groups in total. The van der Waals surface area contributed by atoms with Gasteiger partial charge < -0.3 is 5.32 Å². The molecule has 2 nitrogen and oxygen atoms in total. The molecule has 0 amide bonds. The molecule has 26 heavy (non-hydrogen) atoms. The van der Waals surface area contributed by atoms with Crippen molar-refractivity contribution >= 4 is 12.0 Å². The molecule has 1 radical (unpaired) electrons. The Labute approximate surface area is 162 Å². The third-order valence-corrected chi connectivity index (χ3v) is 5.09. The first-order chi connectivity index (χ1) is 12.9. The molecule has 0 spiro atoms. The number of nitrogens with one attached hydrogen (secondary N) is 1. The second-order valence-corrected chi connectivity index (χ2v) is 7.54. The van der Waals surface area contributed by atoms with Gasteiger partial charge in [-0.1, -0.05) is 103 Å². The quantitative estimate of drug-likeness (QED) is 0.280. The molecule has 2 heteroatoms. The van der Waals surface area contributed by atoms with Crippen molar-refractivity contribution in [3.63, 3.8) is 0 Å². The second kappa shape index (κ2) is 17.1. The second-order valence-electron chi connectivity index (χ2n) is 7.54. The molecule has 147 valence electrons. The van der Waals surface area contributed by atoms with Crippen LogP contribution in [0.5, 0.6) is 0 Å². The molecule has 0 aliphatic rings. The number of carbonyl (C=O) groups excluding carboxylic acids is 1. The fourth-order valence-electron chi connectivity index (χ4n) is 3.38. The summed E-state index contributed by atoms with van der Waals surface area (Å²) in [5.74, 6) is 0. The van der Waals surface area contributed by atoms with Crippen molar-refractivity contribution < 1.29 is 4.79 Å². The summed E-state index contributed by atoms with van der Waals surface area (Å²) < 4.78 is 0. The Hall–Kier alpha value is -1.31. The fraction of sp³-hybridized carbons (Fsp3) is 0.708. The van der Waals surface area contributed by atoms with E-state index in [1.165, 1.54) is 89.9 Å². The number of hydrogen-bond acceptors (Lipinski definition) is 2. The highest BCUT2D eigenvalue weighted by Gasteiger charge is 1.96. The van der Waals surface area contributed by atoms with Gasteiger partial charge in [-0.3, -0.25) is 4.79 Å². The minimum Gasteiger partial charge on any atom is -0.385 e. The standard InChI is InChI=1S/C24H40NO/c1-2-3-4-5-6-7-8-9-10-11-12-13-14-15-21-25-24-18-16-23(17-19-24)20-22-26/h16-19,25H,2-15,20-21H2,1H3. The normalized spacial score (nSPS) is 10.8. The van der Waals surface area contributed by atoms with Crippen LogP contribution in [-0.2, 0) is 11.2 Å². The Morgan fingerprint density at radius 1 is 0.692 bits per heavy atom. The summed E-state index contributed by atoms with van der Waals surface area (Å²) in [5.41, 5.74) is 2.18. The fourth-order valence-corrected chi connectivity index (χ4v) is 3.38. The van der Waals surface area contributed by atoms with Gasteiger partial charge in [-0.15, -0.1) is 0 Å². The minimum absolute atomic E-state index is 0.388.